The number of hydrogen-bond acceptors (Lipinski definition) is 4. The van der Waals surface area contributed by atoms with Crippen molar-refractivity contribution in [3.8, 4) is 0 Å². The molecule has 0 bridgehead atoms. The number of carboxylic acids is 1. The van der Waals surface area contributed by atoms with E-state index in [1.54, 1.807) is 19.1 Å². The Kier molecular flexibility index (Phi) is 7.65. The van der Waals surface area contributed by atoms with Gasteiger partial charge in [-0.3, -0.25) is 19.4 Å². The highest BCUT2D eigenvalue weighted by Crippen LogP contribution is 2.29. The average molecular weight is 424 g/mol. The Balaban J connectivity index is 1.83. The van der Waals surface area contributed by atoms with Gasteiger partial charge in [-0.15, -0.1) is 0 Å². The van der Waals surface area contributed by atoms with Crippen LogP contribution in [0.25, 0.3) is 0 Å². The van der Waals surface area contributed by atoms with Gasteiger partial charge in [0.25, 0.3) is 0 Å². The van der Waals surface area contributed by atoms with Gasteiger partial charge >= 0.3 is 12.1 Å². The molecule has 0 unspecified atom stereocenters. The smallest absolute Gasteiger partial charge is 0.410 e. The van der Waals surface area contributed by atoms with E-state index in [0.717, 1.165) is 17.5 Å². The number of amides is 2. The third kappa shape index (κ3) is 5.63. The van der Waals surface area contributed by atoms with Gasteiger partial charge in [-0.1, -0.05) is 48.5 Å². The van der Waals surface area contributed by atoms with Gasteiger partial charge in [0.15, 0.2) is 0 Å². The lowest BCUT2D eigenvalue weighted by Crippen LogP contribution is -2.52. The predicted octanol–water partition coefficient (Wildman–Crippen LogP) is 3.51. The molecule has 31 heavy (non-hydrogen) atoms. The van der Waals surface area contributed by atoms with Gasteiger partial charge < -0.3 is 9.84 Å². The summed E-state index contributed by atoms with van der Waals surface area (Å²) < 4.78 is 5.24. The van der Waals surface area contributed by atoms with Crippen LogP contribution in [0.2, 0.25) is 0 Å². The maximum absolute atomic E-state index is 13.4. The van der Waals surface area contributed by atoms with Crippen molar-refractivity contribution >= 4 is 23.7 Å². The minimum atomic E-state index is -1.10. The topological polar surface area (TPSA) is 87.2 Å². The van der Waals surface area contributed by atoms with Crippen molar-refractivity contribution in [2.75, 3.05) is 24.6 Å². The van der Waals surface area contributed by atoms with Crippen LogP contribution >= 0.6 is 0 Å². The van der Waals surface area contributed by atoms with E-state index in [1.807, 2.05) is 42.5 Å². The van der Waals surface area contributed by atoms with Gasteiger partial charge in [0, 0.05) is 12.2 Å². The van der Waals surface area contributed by atoms with Crippen LogP contribution in [-0.4, -0.2) is 53.7 Å². The Morgan fingerprint density at radius 3 is 2.55 bits per heavy atom. The number of aryl methyl sites for hydroxylation is 2. The quantitative estimate of drug-likeness (QED) is 0.701. The highest BCUT2D eigenvalue weighted by Gasteiger charge is 2.37. The summed E-state index contributed by atoms with van der Waals surface area (Å²) in [5, 5.41) is 9.39. The van der Waals surface area contributed by atoms with Crippen LogP contribution in [0.4, 0.5) is 10.5 Å². The Morgan fingerprint density at radius 2 is 1.84 bits per heavy atom. The zero-order valence-corrected chi connectivity index (χ0v) is 17.7. The molecule has 2 amide bonds. The van der Waals surface area contributed by atoms with Gasteiger partial charge in [0.05, 0.1) is 6.61 Å². The highest BCUT2D eigenvalue weighted by atomic mass is 16.6. The van der Waals surface area contributed by atoms with Crippen LogP contribution in [0.5, 0.6) is 0 Å². The van der Waals surface area contributed by atoms with Gasteiger partial charge in [-0.25, -0.2) is 4.79 Å². The van der Waals surface area contributed by atoms with Gasteiger partial charge in [-0.2, -0.15) is 0 Å². The molecule has 0 aliphatic carbocycles. The number of fused-ring (bicyclic) bond motifs is 1. The molecule has 164 valence electrons. The van der Waals surface area contributed by atoms with Crippen LogP contribution < -0.4 is 4.90 Å². The van der Waals surface area contributed by atoms with Crippen LogP contribution in [-0.2, 0) is 27.2 Å². The van der Waals surface area contributed by atoms with Crippen molar-refractivity contribution in [3.63, 3.8) is 0 Å². The van der Waals surface area contributed by atoms with Crippen molar-refractivity contribution in [2.24, 2.45) is 0 Å². The minimum Gasteiger partial charge on any atom is -0.480 e. The monoisotopic (exact) mass is 424 g/mol. The SMILES string of the molecule is CCOC(=O)N(CCCc1ccccc1)[C@H]1CCc2ccccc2N(CC(=O)O)C1=O. The Labute approximate surface area is 182 Å². The molecule has 0 radical (unpaired) electrons. The van der Waals surface area contributed by atoms with E-state index < -0.39 is 24.6 Å². The van der Waals surface area contributed by atoms with Crippen molar-refractivity contribution in [1.82, 2.24) is 4.90 Å². The summed E-state index contributed by atoms with van der Waals surface area (Å²) in [5.41, 5.74) is 2.64. The molecule has 0 saturated carbocycles. The van der Waals surface area contributed by atoms with Crippen molar-refractivity contribution < 1.29 is 24.2 Å². The Hall–Kier alpha value is -3.35. The molecule has 0 spiro atoms. The summed E-state index contributed by atoms with van der Waals surface area (Å²) in [5.74, 6) is -1.49. The fourth-order valence-electron chi connectivity index (χ4n) is 3.97. The van der Waals surface area contributed by atoms with E-state index in [4.69, 9.17) is 4.74 Å². The van der Waals surface area contributed by atoms with Crippen LogP contribution in [0.1, 0.15) is 30.9 Å². The summed E-state index contributed by atoms with van der Waals surface area (Å²) in [6.07, 6.45) is 1.86. The molecule has 1 heterocycles. The van der Waals surface area contributed by atoms with Crippen molar-refractivity contribution in [1.29, 1.82) is 0 Å². The lowest BCUT2D eigenvalue weighted by atomic mass is 10.0. The summed E-state index contributed by atoms with van der Waals surface area (Å²) in [6, 6.07) is 16.5. The predicted molar refractivity (Wildman–Crippen MR) is 117 cm³/mol. The number of ether oxygens (including phenoxy) is 1. The van der Waals surface area contributed by atoms with E-state index in [9.17, 15) is 19.5 Å². The number of anilines is 1. The largest absolute Gasteiger partial charge is 0.480 e. The number of aliphatic carboxylic acids is 1. The fraction of sp³-hybridized carbons (Fsp3) is 0.375. The number of carbonyl (C=O) groups is 3. The Morgan fingerprint density at radius 1 is 1.13 bits per heavy atom. The van der Waals surface area contributed by atoms with Crippen LogP contribution in [0.15, 0.2) is 54.6 Å². The normalized spacial score (nSPS) is 15.7. The van der Waals surface area contributed by atoms with Gasteiger partial charge in [-0.05, 0) is 49.8 Å². The first-order valence-electron chi connectivity index (χ1n) is 10.6. The first-order chi connectivity index (χ1) is 15.0. The lowest BCUT2D eigenvalue weighted by molar-refractivity contribution is -0.137. The van der Waals surface area contributed by atoms with Crippen LogP contribution in [0, 0.1) is 0 Å². The maximum Gasteiger partial charge on any atom is 0.410 e. The molecule has 1 N–H and O–H groups in total. The molecule has 1 aliphatic heterocycles. The number of rotatable bonds is 8. The summed E-state index contributed by atoms with van der Waals surface area (Å²) in [7, 11) is 0. The second-order valence-electron chi connectivity index (χ2n) is 7.48. The molecule has 7 nitrogen and oxygen atoms in total. The van der Waals surface area contributed by atoms with E-state index in [1.165, 1.54) is 9.80 Å². The van der Waals surface area contributed by atoms with E-state index in [2.05, 4.69) is 0 Å². The second-order valence-corrected chi connectivity index (χ2v) is 7.48. The molecular formula is C24H28N2O5. The molecule has 1 aliphatic rings. The summed E-state index contributed by atoms with van der Waals surface area (Å²) >= 11 is 0. The molecular weight excluding hydrogens is 396 g/mol. The van der Waals surface area contributed by atoms with Gasteiger partial charge in [0.2, 0.25) is 5.91 Å². The Bertz CT molecular complexity index is 915. The number of benzene rings is 2. The number of hydrogen-bond donors (Lipinski definition) is 1. The highest BCUT2D eigenvalue weighted by molar-refractivity contribution is 6.02. The second kappa shape index (κ2) is 10.6. The van der Waals surface area contributed by atoms with Crippen molar-refractivity contribution in [2.45, 2.75) is 38.6 Å². The average Bonchev–Trinajstić information content (AvgIpc) is 2.89. The molecule has 0 aromatic heterocycles. The minimum absolute atomic E-state index is 0.202. The number of nitrogens with zero attached hydrogens (tertiary/aromatic N) is 2. The number of carboxylic acid groups (broad SMARTS) is 1. The van der Waals surface area contributed by atoms with E-state index >= 15 is 0 Å². The lowest BCUT2D eigenvalue weighted by Gasteiger charge is -2.32. The maximum atomic E-state index is 13.4. The van der Waals surface area contributed by atoms with E-state index in [0.29, 0.717) is 31.5 Å². The van der Waals surface area contributed by atoms with E-state index in [-0.39, 0.29) is 12.5 Å². The zero-order chi connectivity index (χ0) is 22.2. The molecule has 3 rings (SSSR count). The van der Waals surface area contributed by atoms with Gasteiger partial charge in [0.1, 0.15) is 12.6 Å². The third-order valence-corrected chi connectivity index (χ3v) is 5.40. The molecule has 0 saturated heterocycles. The number of carbonyl (C=O) groups excluding carboxylic acids is 2. The van der Waals surface area contributed by atoms with Crippen molar-refractivity contribution in [3.05, 3.63) is 65.7 Å². The molecule has 2 aromatic rings. The molecule has 1 atom stereocenters. The first-order valence-corrected chi connectivity index (χ1v) is 10.6. The summed E-state index contributed by atoms with van der Waals surface area (Å²) in [6.45, 7) is 1.82. The molecule has 2 aromatic carbocycles. The fourth-order valence-corrected chi connectivity index (χ4v) is 3.97. The summed E-state index contributed by atoms with van der Waals surface area (Å²) in [4.78, 5) is 40.4. The zero-order valence-electron chi connectivity index (χ0n) is 17.7. The molecule has 7 heteroatoms. The standard InChI is InChI=1S/C24H28N2O5/c1-2-31-24(30)25(16-8-11-18-9-4-3-5-10-18)21-15-14-19-12-6-7-13-20(19)26(23(21)29)17-22(27)28/h3-7,9-10,12-13,21H,2,8,11,14-17H2,1H3,(H,27,28)/t21-/m0/s1. The molecule has 0 fully saturated rings. The third-order valence-electron chi connectivity index (χ3n) is 5.40. The number of para-hydroxylation sites is 1. The van der Waals surface area contributed by atoms with Crippen LogP contribution in [0.3, 0.4) is 0 Å². The first kappa shape index (κ1) is 22.3.